The highest BCUT2D eigenvalue weighted by atomic mass is 16.5. The fraction of sp³-hybridized carbons (Fsp3) is 0.500. The molecule has 1 heterocycles. The Morgan fingerprint density at radius 1 is 1.41 bits per heavy atom. The second-order valence-corrected chi connectivity index (χ2v) is 3.62. The number of nitrogen functional groups attached to an aromatic ring is 1. The fourth-order valence-corrected chi connectivity index (χ4v) is 1.33. The lowest BCUT2D eigenvalue weighted by Crippen LogP contribution is -2.11. The molecule has 0 spiro atoms. The number of nitrogens with zero attached hydrogens (tertiary/aromatic N) is 1. The van der Waals surface area contributed by atoms with E-state index in [2.05, 4.69) is 4.98 Å². The van der Waals surface area contributed by atoms with E-state index in [0.717, 1.165) is 5.56 Å². The number of nitrogens with two attached hydrogens (primary N) is 1. The Morgan fingerprint density at radius 3 is 2.94 bits per heavy atom. The Kier molecular flexibility index (Phi) is 6.21. The number of Topliss-reactive ketones (excluding diaryl/α,β-unsaturated/α-hetero) is 1. The SMILES string of the molecule is COCCOCCC(=O)Cc1cccnc1N. The van der Waals surface area contributed by atoms with Gasteiger partial charge >= 0.3 is 0 Å². The van der Waals surface area contributed by atoms with Crippen LogP contribution < -0.4 is 5.73 Å². The van der Waals surface area contributed by atoms with Crippen LogP contribution in [0.4, 0.5) is 5.82 Å². The van der Waals surface area contributed by atoms with Gasteiger partial charge in [-0.05, 0) is 6.07 Å². The minimum Gasteiger partial charge on any atom is -0.383 e. The molecule has 0 saturated heterocycles. The Labute approximate surface area is 101 Å². The highest BCUT2D eigenvalue weighted by Gasteiger charge is 2.06. The largest absolute Gasteiger partial charge is 0.383 e. The average molecular weight is 238 g/mol. The first-order valence-electron chi connectivity index (χ1n) is 5.51. The van der Waals surface area contributed by atoms with Gasteiger partial charge in [0.15, 0.2) is 0 Å². The molecule has 1 aromatic rings. The summed E-state index contributed by atoms with van der Waals surface area (Å²) < 4.78 is 10.0. The summed E-state index contributed by atoms with van der Waals surface area (Å²) >= 11 is 0. The van der Waals surface area contributed by atoms with Crippen molar-refractivity contribution in [2.24, 2.45) is 0 Å². The molecule has 5 nitrogen and oxygen atoms in total. The Balaban J connectivity index is 2.23. The number of aromatic nitrogens is 1. The van der Waals surface area contributed by atoms with Gasteiger partial charge in [-0.3, -0.25) is 4.79 Å². The molecule has 2 N–H and O–H groups in total. The first-order valence-corrected chi connectivity index (χ1v) is 5.51. The van der Waals surface area contributed by atoms with E-state index in [1.807, 2.05) is 6.07 Å². The van der Waals surface area contributed by atoms with Crippen molar-refractivity contribution >= 4 is 11.6 Å². The van der Waals surface area contributed by atoms with Crippen LogP contribution in [0.3, 0.4) is 0 Å². The zero-order valence-corrected chi connectivity index (χ0v) is 10.0. The van der Waals surface area contributed by atoms with Gasteiger partial charge in [0.25, 0.3) is 0 Å². The van der Waals surface area contributed by atoms with Crippen molar-refractivity contribution in [2.75, 3.05) is 32.7 Å². The van der Waals surface area contributed by atoms with E-state index in [4.69, 9.17) is 15.2 Å². The normalized spacial score (nSPS) is 10.4. The molecule has 0 aromatic carbocycles. The van der Waals surface area contributed by atoms with Gasteiger partial charge in [0, 0.05) is 31.7 Å². The first-order chi connectivity index (χ1) is 8.24. The lowest BCUT2D eigenvalue weighted by Gasteiger charge is -2.04. The summed E-state index contributed by atoms with van der Waals surface area (Å²) in [6.45, 7) is 1.48. The van der Waals surface area contributed by atoms with E-state index >= 15 is 0 Å². The van der Waals surface area contributed by atoms with E-state index in [1.54, 1.807) is 19.4 Å². The molecule has 0 atom stereocenters. The Morgan fingerprint density at radius 2 is 2.24 bits per heavy atom. The Hall–Kier alpha value is -1.46. The molecule has 0 bridgehead atoms. The highest BCUT2D eigenvalue weighted by molar-refractivity contribution is 5.82. The van der Waals surface area contributed by atoms with Crippen molar-refractivity contribution in [1.82, 2.24) is 4.98 Å². The third kappa shape index (κ3) is 5.42. The number of carbonyl (C=O) groups is 1. The third-order valence-corrected chi connectivity index (χ3v) is 2.27. The molecule has 0 fully saturated rings. The molecule has 1 aromatic heterocycles. The molecule has 94 valence electrons. The van der Waals surface area contributed by atoms with Gasteiger partial charge in [-0.15, -0.1) is 0 Å². The minimum absolute atomic E-state index is 0.0992. The van der Waals surface area contributed by atoms with Crippen LogP contribution in [0.5, 0.6) is 0 Å². The van der Waals surface area contributed by atoms with Crippen molar-refractivity contribution in [3.8, 4) is 0 Å². The van der Waals surface area contributed by atoms with Gasteiger partial charge in [0.05, 0.1) is 19.8 Å². The van der Waals surface area contributed by atoms with Gasteiger partial charge in [-0.2, -0.15) is 0 Å². The van der Waals surface area contributed by atoms with E-state index in [-0.39, 0.29) is 5.78 Å². The summed E-state index contributed by atoms with van der Waals surface area (Å²) in [5.41, 5.74) is 6.42. The number of hydrogen-bond donors (Lipinski definition) is 1. The monoisotopic (exact) mass is 238 g/mol. The number of pyridine rings is 1. The zero-order chi connectivity index (χ0) is 12.5. The summed E-state index contributed by atoms with van der Waals surface area (Å²) in [4.78, 5) is 15.5. The fourth-order valence-electron chi connectivity index (χ4n) is 1.33. The van der Waals surface area contributed by atoms with E-state index in [9.17, 15) is 4.79 Å². The molecule has 0 saturated carbocycles. The van der Waals surface area contributed by atoms with Gasteiger partial charge in [-0.1, -0.05) is 6.07 Å². The van der Waals surface area contributed by atoms with Crippen LogP contribution in [-0.2, 0) is 20.7 Å². The Bertz CT molecular complexity index is 355. The predicted octanol–water partition coefficient (Wildman–Crippen LogP) is 0.829. The number of hydrogen-bond acceptors (Lipinski definition) is 5. The third-order valence-electron chi connectivity index (χ3n) is 2.27. The first kappa shape index (κ1) is 13.6. The summed E-state index contributed by atoms with van der Waals surface area (Å²) in [6, 6.07) is 3.58. The standard InChI is InChI=1S/C12H18N2O3/c1-16-7-8-17-6-4-11(15)9-10-3-2-5-14-12(10)13/h2-3,5H,4,6-9H2,1H3,(H2,13,14). The highest BCUT2D eigenvalue weighted by Crippen LogP contribution is 2.08. The lowest BCUT2D eigenvalue weighted by atomic mass is 10.1. The van der Waals surface area contributed by atoms with Crippen molar-refractivity contribution in [1.29, 1.82) is 0 Å². The van der Waals surface area contributed by atoms with Gasteiger partial charge in [0.2, 0.25) is 0 Å². The molecule has 0 aliphatic carbocycles. The van der Waals surface area contributed by atoms with Crippen LogP contribution in [0, 0.1) is 0 Å². The molecule has 0 aliphatic rings. The smallest absolute Gasteiger partial charge is 0.139 e. The summed E-state index contributed by atoms with van der Waals surface area (Å²) in [7, 11) is 1.61. The molecule has 17 heavy (non-hydrogen) atoms. The molecular weight excluding hydrogens is 220 g/mol. The number of anilines is 1. The number of methoxy groups -OCH3 is 1. The molecule has 5 heteroatoms. The van der Waals surface area contributed by atoms with Gasteiger partial charge < -0.3 is 15.2 Å². The van der Waals surface area contributed by atoms with Crippen molar-refractivity contribution in [3.05, 3.63) is 23.9 Å². The number of rotatable bonds is 8. The molecule has 0 aliphatic heterocycles. The van der Waals surface area contributed by atoms with Crippen LogP contribution in [0.1, 0.15) is 12.0 Å². The summed E-state index contributed by atoms with van der Waals surface area (Å²) in [5.74, 6) is 0.517. The van der Waals surface area contributed by atoms with Crippen LogP contribution >= 0.6 is 0 Å². The maximum absolute atomic E-state index is 11.6. The van der Waals surface area contributed by atoms with E-state index < -0.39 is 0 Å². The van der Waals surface area contributed by atoms with Crippen LogP contribution in [-0.4, -0.2) is 37.7 Å². The molecule has 0 radical (unpaired) electrons. The van der Waals surface area contributed by atoms with E-state index in [0.29, 0.717) is 38.5 Å². The van der Waals surface area contributed by atoms with Crippen molar-refractivity contribution in [2.45, 2.75) is 12.8 Å². The lowest BCUT2D eigenvalue weighted by molar-refractivity contribution is -0.119. The second-order valence-electron chi connectivity index (χ2n) is 3.62. The minimum atomic E-state index is 0.0992. The number of carbonyl (C=O) groups excluding carboxylic acids is 1. The van der Waals surface area contributed by atoms with Crippen LogP contribution in [0.2, 0.25) is 0 Å². The molecular formula is C12H18N2O3. The summed E-state index contributed by atoms with van der Waals surface area (Å²) in [5, 5.41) is 0. The van der Waals surface area contributed by atoms with Crippen LogP contribution in [0.15, 0.2) is 18.3 Å². The number of ether oxygens (including phenoxy) is 2. The predicted molar refractivity (Wildman–Crippen MR) is 64.7 cm³/mol. The second kappa shape index (κ2) is 7.76. The maximum atomic E-state index is 11.6. The maximum Gasteiger partial charge on any atom is 0.139 e. The molecule has 1 rings (SSSR count). The van der Waals surface area contributed by atoms with Crippen molar-refractivity contribution < 1.29 is 14.3 Å². The zero-order valence-electron chi connectivity index (χ0n) is 10.0. The van der Waals surface area contributed by atoms with E-state index in [1.165, 1.54) is 0 Å². The molecule has 0 unspecified atom stereocenters. The number of ketones is 1. The average Bonchev–Trinajstić information content (AvgIpc) is 2.32. The quantitative estimate of drug-likeness (QED) is 0.679. The van der Waals surface area contributed by atoms with Gasteiger partial charge in [0.1, 0.15) is 11.6 Å². The van der Waals surface area contributed by atoms with Crippen LogP contribution in [0.25, 0.3) is 0 Å². The summed E-state index contributed by atoms with van der Waals surface area (Å²) in [6.07, 6.45) is 2.31. The molecule has 0 amide bonds. The van der Waals surface area contributed by atoms with Gasteiger partial charge in [-0.25, -0.2) is 4.98 Å². The topological polar surface area (TPSA) is 74.4 Å². The van der Waals surface area contributed by atoms with Crippen molar-refractivity contribution in [3.63, 3.8) is 0 Å².